The molecule has 1 heterocycles. The lowest BCUT2D eigenvalue weighted by Crippen LogP contribution is -2.19. The highest BCUT2D eigenvalue weighted by Gasteiger charge is 2.06. The molecule has 0 aromatic heterocycles. The van der Waals surface area contributed by atoms with Crippen LogP contribution in [0, 0.1) is 0 Å². The smallest absolute Gasteiger partial charge is 0.250 e. The monoisotopic (exact) mass is 249 g/mol. The van der Waals surface area contributed by atoms with Crippen molar-refractivity contribution >= 4 is 33.4 Å². The van der Waals surface area contributed by atoms with E-state index in [4.69, 9.17) is 11.5 Å². The maximum absolute atomic E-state index is 10.0. The van der Waals surface area contributed by atoms with Gasteiger partial charge in [0, 0.05) is 36.7 Å². The summed E-state index contributed by atoms with van der Waals surface area (Å²) in [4.78, 5) is 20.1. The number of carbonyl (C=O) groups excluding carboxylic acids is 2. The first kappa shape index (κ1) is 14.5. The normalized spacial score (nSPS) is 13.5. The molecule has 5 nitrogen and oxygen atoms in total. The summed E-state index contributed by atoms with van der Waals surface area (Å²) in [6, 6.07) is 0. The van der Waals surface area contributed by atoms with Gasteiger partial charge in [-0.2, -0.15) is 0 Å². The van der Waals surface area contributed by atoms with E-state index in [1.807, 2.05) is 5.32 Å². The van der Waals surface area contributed by atoms with E-state index in [2.05, 4.69) is 0 Å². The van der Waals surface area contributed by atoms with Crippen molar-refractivity contribution in [3.05, 3.63) is 12.2 Å². The van der Waals surface area contributed by atoms with Crippen LogP contribution < -0.4 is 16.8 Å². The summed E-state index contributed by atoms with van der Waals surface area (Å²) in [6.07, 6.45) is 2.39. The van der Waals surface area contributed by atoms with Crippen LogP contribution in [0.5, 0.6) is 0 Å². The van der Waals surface area contributed by atoms with Crippen molar-refractivity contribution in [1.82, 2.24) is 5.32 Å². The third-order valence-corrected chi connectivity index (χ3v) is 3.59. The Morgan fingerprint density at radius 2 is 1.40 bits per heavy atom. The van der Waals surface area contributed by atoms with Crippen LogP contribution in [0.15, 0.2) is 12.2 Å². The summed E-state index contributed by atoms with van der Waals surface area (Å²) in [5.41, 5.74) is 10.5. The molecule has 1 aliphatic heterocycles. The Balaban J connectivity index is 0.000000262. The second-order valence-corrected chi connectivity index (χ2v) is 5.11. The lowest BCUT2D eigenvalue weighted by molar-refractivity contribution is -0.123. The van der Waals surface area contributed by atoms with Crippen LogP contribution in [-0.2, 0) is 9.59 Å². The van der Waals surface area contributed by atoms with E-state index in [0.29, 0.717) is 0 Å². The second-order valence-electron chi connectivity index (χ2n) is 2.41. The van der Waals surface area contributed by atoms with Crippen molar-refractivity contribution in [3.63, 3.8) is 0 Å². The van der Waals surface area contributed by atoms with Gasteiger partial charge in [0.2, 0.25) is 0 Å². The average Bonchev–Trinajstić information content (AvgIpc) is 2.58. The van der Waals surface area contributed by atoms with E-state index >= 15 is 0 Å². The summed E-state index contributed by atoms with van der Waals surface area (Å²) in [5.74, 6) is 1.41. The molecule has 0 saturated carbocycles. The first-order chi connectivity index (χ1) is 7.20. The predicted octanol–water partition coefficient (Wildman–Crippen LogP) is -0.516. The molecule has 15 heavy (non-hydrogen) atoms. The van der Waals surface area contributed by atoms with Crippen LogP contribution in [0.2, 0.25) is 0 Å². The lowest BCUT2D eigenvalue weighted by atomic mass is 10.6. The van der Waals surface area contributed by atoms with Crippen LogP contribution in [0.1, 0.15) is 0 Å². The number of carbonyl (C=O) groups is 2. The number of hydrogen-bond acceptors (Lipinski definition) is 6. The van der Waals surface area contributed by atoms with Gasteiger partial charge in [0.05, 0.1) is 0 Å². The SMILES string of the molecule is NCCSSCCN.O=C1C=CC(=O)N1. The van der Waals surface area contributed by atoms with Crippen LogP contribution in [0.25, 0.3) is 0 Å². The molecule has 0 spiro atoms. The fourth-order valence-electron chi connectivity index (χ4n) is 0.570. The van der Waals surface area contributed by atoms with Gasteiger partial charge >= 0.3 is 0 Å². The van der Waals surface area contributed by atoms with E-state index in [0.717, 1.165) is 24.6 Å². The molecule has 0 saturated heterocycles. The molecule has 0 bridgehead atoms. The summed E-state index contributed by atoms with van der Waals surface area (Å²) < 4.78 is 0. The fourth-order valence-corrected chi connectivity index (χ4v) is 2.28. The van der Waals surface area contributed by atoms with Gasteiger partial charge in [0.1, 0.15) is 0 Å². The topological polar surface area (TPSA) is 98.2 Å². The van der Waals surface area contributed by atoms with E-state index in [1.165, 1.54) is 12.2 Å². The molecule has 7 heteroatoms. The van der Waals surface area contributed by atoms with Gasteiger partial charge in [0.25, 0.3) is 11.8 Å². The Hall–Kier alpha value is -0.500. The van der Waals surface area contributed by atoms with Gasteiger partial charge in [-0.25, -0.2) is 0 Å². The number of imide groups is 1. The number of amides is 2. The summed E-state index contributed by atoms with van der Waals surface area (Å²) >= 11 is 0. The fraction of sp³-hybridized carbons (Fsp3) is 0.500. The Morgan fingerprint density at radius 1 is 1.00 bits per heavy atom. The lowest BCUT2D eigenvalue weighted by Gasteiger charge is -1.93. The number of nitrogens with one attached hydrogen (secondary N) is 1. The van der Waals surface area contributed by atoms with Crippen molar-refractivity contribution < 1.29 is 9.59 Å². The third-order valence-electron chi connectivity index (χ3n) is 1.12. The molecular formula is C8H15N3O2S2. The maximum atomic E-state index is 10.0. The Morgan fingerprint density at radius 3 is 1.60 bits per heavy atom. The van der Waals surface area contributed by atoms with Gasteiger partial charge in [0.15, 0.2) is 0 Å². The molecule has 2 amide bonds. The predicted molar refractivity (Wildman–Crippen MR) is 65.3 cm³/mol. The average molecular weight is 249 g/mol. The molecule has 0 aliphatic carbocycles. The molecule has 0 atom stereocenters. The highest BCUT2D eigenvalue weighted by molar-refractivity contribution is 8.76. The third kappa shape index (κ3) is 9.80. The Labute approximate surface area is 96.8 Å². The highest BCUT2D eigenvalue weighted by atomic mass is 33.1. The molecule has 0 fully saturated rings. The molecule has 1 aliphatic rings. The zero-order chi connectivity index (χ0) is 11.5. The van der Waals surface area contributed by atoms with Crippen LogP contribution in [0.3, 0.4) is 0 Å². The zero-order valence-electron chi connectivity index (χ0n) is 8.27. The number of nitrogens with two attached hydrogens (primary N) is 2. The molecule has 0 unspecified atom stereocenters. The van der Waals surface area contributed by atoms with E-state index in [1.54, 1.807) is 21.6 Å². The van der Waals surface area contributed by atoms with Crippen molar-refractivity contribution in [2.75, 3.05) is 24.6 Å². The van der Waals surface area contributed by atoms with Crippen molar-refractivity contribution in [3.8, 4) is 0 Å². The molecular weight excluding hydrogens is 234 g/mol. The summed E-state index contributed by atoms with van der Waals surface area (Å²) in [6.45, 7) is 1.53. The van der Waals surface area contributed by atoms with E-state index < -0.39 is 0 Å². The zero-order valence-corrected chi connectivity index (χ0v) is 9.90. The Bertz CT molecular complexity index is 212. The highest BCUT2D eigenvalue weighted by Crippen LogP contribution is 2.18. The number of rotatable bonds is 5. The van der Waals surface area contributed by atoms with Gasteiger partial charge in [-0.05, 0) is 0 Å². The summed E-state index contributed by atoms with van der Waals surface area (Å²) in [7, 11) is 3.58. The standard InChI is InChI=1S/C4H12N2S2.C4H3NO2/c5-1-3-7-8-4-2-6;6-3-1-2-4(7)5-3/h1-6H2;1-2H,(H,5,6,7). The largest absolute Gasteiger partial charge is 0.330 e. The van der Waals surface area contributed by atoms with Crippen LogP contribution in [-0.4, -0.2) is 36.4 Å². The minimum atomic E-state index is -0.329. The van der Waals surface area contributed by atoms with E-state index in [-0.39, 0.29) is 11.8 Å². The number of hydrogen-bond donors (Lipinski definition) is 3. The maximum Gasteiger partial charge on any atom is 0.250 e. The quantitative estimate of drug-likeness (QED) is 0.345. The van der Waals surface area contributed by atoms with Crippen LogP contribution in [0.4, 0.5) is 0 Å². The van der Waals surface area contributed by atoms with Crippen LogP contribution >= 0.6 is 21.6 Å². The van der Waals surface area contributed by atoms with E-state index in [9.17, 15) is 9.59 Å². The first-order valence-corrected chi connectivity index (χ1v) is 6.87. The molecule has 5 N–H and O–H groups in total. The molecule has 86 valence electrons. The van der Waals surface area contributed by atoms with Gasteiger partial charge in [-0.3, -0.25) is 14.9 Å². The second kappa shape index (κ2) is 10.0. The minimum Gasteiger partial charge on any atom is -0.330 e. The molecule has 0 radical (unpaired) electrons. The molecule has 0 aromatic carbocycles. The molecule has 1 rings (SSSR count). The van der Waals surface area contributed by atoms with Crippen molar-refractivity contribution in [2.24, 2.45) is 11.5 Å². The molecule has 0 aromatic rings. The van der Waals surface area contributed by atoms with Crippen molar-refractivity contribution in [2.45, 2.75) is 0 Å². The van der Waals surface area contributed by atoms with Gasteiger partial charge in [-0.15, -0.1) is 0 Å². The summed E-state index contributed by atoms with van der Waals surface area (Å²) in [5, 5.41) is 2.03. The van der Waals surface area contributed by atoms with Gasteiger partial charge < -0.3 is 11.5 Å². The first-order valence-electron chi connectivity index (χ1n) is 4.38. The minimum absolute atomic E-state index is 0.329. The van der Waals surface area contributed by atoms with Crippen molar-refractivity contribution in [1.29, 1.82) is 0 Å². The van der Waals surface area contributed by atoms with Gasteiger partial charge in [-0.1, -0.05) is 21.6 Å². The Kier molecular flexibility index (Phi) is 9.70.